The van der Waals surface area contributed by atoms with Crippen LogP contribution >= 0.6 is 0 Å². The molecule has 1 saturated heterocycles. The third-order valence-electron chi connectivity index (χ3n) is 4.80. The van der Waals surface area contributed by atoms with Gasteiger partial charge in [0.15, 0.2) is 5.69 Å². The lowest BCUT2D eigenvalue weighted by Crippen LogP contribution is -2.32. The number of aromatic carboxylic acids is 1. The number of aryl methyl sites for hydroxylation is 1. The van der Waals surface area contributed by atoms with Crippen LogP contribution in [0.4, 0.5) is 0 Å². The zero-order chi connectivity index (χ0) is 17.9. The van der Waals surface area contributed by atoms with Gasteiger partial charge in [-0.25, -0.2) is 14.8 Å². The van der Waals surface area contributed by atoms with E-state index < -0.39 is 5.97 Å². The summed E-state index contributed by atoms with van der Waals surface area (Å²) in [6, 6.07) is 10.3. The molecule has 1 fully saturated rings. The van der Waals surface area contributed by atoms with E-state index in [2.05, 4.69) is 29.0 Å². The summed E-state index contributed by atoms with van der Waals surface area (Å²) in [6.45, 7) is 3.58. The maximum absolute atomic E-state index is 12.6. The van der Waals surface area contributed by atoms with Gasteiger partial charge in [0.25, 0.3) is 5.91 Å². The summed E-state index contributed by atoms with van der Waals surface area (Å²) in [5, 5.41) is 8.85. The molecule has 1 aliphatic rings. The van der Waals surface area contributed by atoms with Crippen molar-refractivity contribution in [3.8, 4) is 0 Å². The summed E-state index contributed by atoms with van der Waals surface area (Å²) in [7, 11) is 0. The second-order valence-electron chi connectivity index (χ2n) is 6.86. The lowest BCUT2D eigenvalue weighted by Gasteiger charge is -2.24. The van der Waals surface area contributed by atoms with Crippen molar-refractivity contribution in [3.05, 3.63) is 59.7 Å². The second-order valence-corrected chi connectivity index (χ2v) is 6.86. The van der Waals surface area contributed by atoms with Crippen LogP contribution in [0.15, 0.2) is 42.7 Å². The van der Waals surface area contributed by atoms with Crippen molar-refractivity contribution in [1.82, 2.24) is 14.9 Å². The first-order chi connectivity index (χ1) is 12.0. The summed E-state index contributed by atoms with van der Waals surface area (Å²) in [5.74, 6) is -1.34. The number of carbonyl (C=O) groups is 2. The molecule has 1 aliphatic heterocycles. The molecule has 1 aromatic heterocycles. The summed E-state index contributed by atoms with van der Waals surface area (Å²) < 4.78 is 0. The van der Waals surface area contributed by atoms with Crippen LogP contribution in [0.3, 0.4) is 0 Å². The maximum atomic E-state index is 12.6. The molecule has 0 bridgehead atoms. The Hall–Kier alpha value is -2.76. The highest BCUT2D eigenvalue weighted by atomic mass is 16.4. The van der Waals surface area contributed by atoms with E-state index in [4.69, 9.17) is 5.11 Å². The largest absolute Gasteiger partial charge is 0.476 e. The molecule has 25 heavy (non-hydrogen) atoms. The first-order valence-corrected chi connectivity index (χ1v) is 8.35. The van der Waals surface area contributed by atoms with E-state index in [1.54, 1.807) is 4.90 Å². The predicted molar refractivity (Wildman–Crippen MR) is 92.4 cm³/mol. The average molecular weight is 339 g/mol. The van der Waals surface area contributed by atoms with Crippen LogP contribution in [-0.4, -0.2) is 44.9 Å². The fourth-order valence-electron chi connectivity index (χ4n) is 3.20. The SMILES string of the molecule is CC1(CCc2ccccc2)CCN(C(=O)c2cnc(C(=O)O)cn2)C1. The average Bonchev–Trinajstić information content (AvgIpc) is 3.03. The molecule has 0 spiro atoms. The van der Waals surface area contributed by atoms with Gasteiger partial charge in [-0.2, -0.15) is 0 Å². The van der Waals surface area contributed by atoms with Gasteiger partial charge in [-0.3, -0.25) is 4.79 Å². The molecule has 0 radical (unpaired) electrons. The minimum atomic E-state index is -1.15. The fourth-order valence-corrected chi connectivity index (χ4v) is 3.20. The van der Waals surface area contributed by atoms with Crippen molar-refractivity contribution >= 4 is 11.9 Å². The third kappa shape index (κ3) is 4.02. The van der Waals surface area contributed by atoms with Crippen LogP contribution in [0, 0.1) is 5.41 Å². The molecule has 1 aromatic carbocycles. The molecule has 0 aliphatic carbocycles. The number of rotatable bonds is 5. The van der Waals surface area contributed by atoms with Gasteiger partial charge in [0, 0.05) is 13.1 Å². The Balaban J connectivity index is 1.61. The molecule has 1 amide bonds. The number of nitrogens with zero attached hydrogens (tertiary/aromatic N) is 3. The number of likely N-dealkylation sites (tertiary alicyclic amines) is 1. The Morgan fingerprint density at radius 2 is 1.84 bits per heavy atom. The second kappa shape index (κ2) is 7.01. The van der Waals surface area contributed by atoms with Crippen molar-refractivity contribution < 1.29 is 14.7 Å². The van der Waals surface area contributed by atoms with Crippen LogP contribution in [0.1, 0.15) is 46.3 Å². The van der Waals surface area contributed by atoms with Gasteiger partial charge in [-0.05, 0) is 30.2 Å². The molecule has 1 atom stereocenters. The highest BCUT2D eigenvalue weighted by Gasteiger charge is 2.36. The minimum Gasteiger partial charge on any atom is -0.476 e. The Morgan fingerprint density at radius 1 is 1.16 bits per heavy atom. The lowest BCUT2D eigenvalue weighted by molar-refractivity contribution is 0.0686. The van der Waals surface area contributed by atoms with E-state index in [-0.39, 0.29) is 22.7 Å². The van der Waals surface area contributed by atoms with Crippen molar-refractivity contribution in [1.29, 1.82) is 0 Å². The Morgan fingerprint density at radius 3 is 2.48 bits per heavy atom. The van der Waals surface area contributed by atoms with Crippen LogP contribution in [-0.2, 0) is 6.42 Å². The van der Waals surface area contributed by atoms with Crippen molar-refractivity contribution in [2.75, 3.05) is 13.1 Å². The molecule has 0 saturated carbocycles. The number of aromatic nitrogens is 2. The van der Waals surface area contributed by atoms with E-state index in [0.29, 0.717) is 13.1 Å². The molecule has 1 N–H and O–H groups in total. The van der Waals surface area contributed by atoms with Crippen LogP contribution < -0.4 is 0 Å². The highest BCUT2D eigenvalue weighted by molar-refractivity contribution is 5.93. The van der Waals surface area contributed by atoms with Gasteiger partial charge in [0.1, 0.15) is 5.69 Å². The van der Waals surface area contributed by atoms with E-state index in [0.717, 1.165) is 25.5 Å². The van der Waals surface area contributed by atoms with E-state index in [9.17, 15) is 9.59 Å². The molecule has 1 unspecified atom stereocenters. The molecular weight excluding hydrogens is 318 g/mol. The Kier molecular flexibility index (Phi) is 4.79. The fraction of sp³-hybridized carbons (Fsp3) is 0.368. The van der Waals surface area contributed by atoms with E-state index >= 15 is 0 Å². The standard InChI is InChI=1S/C19H21N3O3/c1-19(8-7-14-5-3-2-4-6-14)9-10-22(13-19)17(23)15-11-21-16(12-20-15)18(24)25/h2-6,11-12H,7-10,13H2,1H3,(H,24,25). The molecule has 2 heterocycles. The monoisotopic (exact) mass is 339 g/mol. The van der Waals surface area contributed by atoms with Gasteiger partial charge < -0.3 is 10.0 Å². The number of hydrogen-bond acceptors (Lipinski definition) is 4. The zero-order valence-corrected chi connectivity index (χ0v) is 14.2. The molecule has 2 aromatic rings. The van der Waals surface area contributed by atoms with Crippen LogP contribution in [0.5, 0.6) is 0 Å². The zero-order valence-electron chi connectivity index (χ0n) is 14.2. The summed E-state index contributed by atoms with van der Waals surface area (Å²) in [6.07, 6.45) is 5.33. The topological polar surface area (TPSA) is 83.4 Å². The predicted octanol–water partition coefficient (Wildman–Crippen LogP) is 2.66. The number of carboxylic acid groups (broad SMARTS) is 1. The first kappa shape index (κ1) is 17.1. The van der Waals surface area contributed by atoms with Crippen molar-refractivity contribution in [2.45, 2.75) is 26.2 Å². The normalized spacial score (nSPS) is 19.8. The molecular formula is C19H21N3O3. The van der Waals surface area contributed by atoms with Crippen molar-refractivity contribution in [3.63, 3.8) is 0 Å². The van der Waals surface area contributed by atoms with Gasteiger partial charge in [0.2, 0.25) is 0 Å². The Bertz CT molecular complexity index is 761. The third-order valence-corrected chi connectivity index (χ3v) is 4.80. The number of hydrogen-bond donors (Lipinski definition) is 1. The van der Waals surface area contributed by atoms with E-state index in [1.807, 2.05) is 18.2 Å². The van der Waals surface area contributed by atoms with E-state index in [1.165, 1.54) is 11.8 Å². The molecule has 130 valence electrons. The maximum Gasteiger partial charge on any atom is 0.356 e. The van der Waals surface area contributed by atoms with Gasteiger partial charge in [-0.15, -0.1) is 0 Å². The van der Waals surface area contributed by atoms with Gasteiger partial charge in [-0.1, -0.05) is 37.3 Å². The highest BCUT2D eigenvalue weighted by Crippen LogP contribution is 2.35. The molecule has 6 heteroatoms. The number of carbonyl (C=O) groups excluding carboxylic acids is 1. The lowest BCUT2D eigenvalue weighted by atomic mass is 9.83. The number of benzene rings is 1. The summed E-state index contributed by atoms with van der Waals surface area (Å²) >= 11 is 0. The van der Waals surface area contributed by atoms with Crippen molar-refractivity contribution in [2.24, 2.45) is 5.41 Å². The Labute approximate surface area is 146 Å². The smallest absolute Gasteiger partial charge is 0.356 e. The quantitative estimate of drug-likeness (QED) is 0.905. The molecule has 3 rings (SSSR count). The number of amides is 1. The minimum absolute atomic E-state index is 0.0833. The van der Waals surface area contributed by atoms with Crippen LogP contribution in [0.2, 0.25) is 0 Å². The first-order valence-electron chi connectivity index (χ1n) is 8.35. The summed E-state index contributed by atoms with van der Waals surface area (Å²) in [4.78, 5) is 32.9. The van der Waals surface area contributed by atoms with Crippen LogP contribution in [0.25, 0.3) is 0 Å². The van der Waals surface area contributed by atoms with Gasteiger partial charge >= 0.3 is 5.97 Å². The van der Waals surface area contributed by atoms with Gasteiger partial charge in [0.05, 0.1) is 12.4 Å². The molecule has 6 nitrogen and oxygen atoms in total. The summed E-state index contributed by atoms with van der Waals surface area (Å²) in [5.41, 5.74) is 1.42. The number of carboxylic acids is 1.